The average Bonchev–Trinajstić information content (AvgIpc) is 2.96. The Morgan fingerprint density at radius 2 is 2.22 bits per heavy atom. The van der Waals surface area contributed by atoms with Crippen LogP contribution in [0.4, 0.5) is 0 Å². The van der Waals surface area contributed by atoms with Crippen LogP contribution in [-0.4, -0.2) is 58.3 Å². The van der Waals surface area contributed by atoms with Crippen molar-refractivity contribution < 1.29 is 0 Å². The molecule has 1 aromatic rings. The zero-order chi connectivity index (χ0) is 15.8. The van der Waals surface area contributed by atoms with Gasteiger partial charge in [0.2, 0.25) is 0 Å². The van der Waals surface area contributed by atoms with Crippen LogP contribution in [0.25, 0.3) is 0 Å². The highest BCUT2D eigenvalue weighted by Crippen LogP contribution is 2.18. The molecular weight excluding hydrogens is 405 g/mol. The minimum Gasteiger partial charge on any atom is -0.355 e. The molecule has 1 atom stereocenters. The molecule has 0 saturated carbocycles. The maximum Gasteiger partial charge on any atom is 0.191 e. The van der Waals surface area contributed by atoms with Gasteiger partial charge >= 0.3 is 0 Å². The second kappa shape index (κ2) is 10.8. The molecule has 1 aliphatic rings. The first-order chi connectivity index (χ1) is 10.7. The number of rotatable bonds is 6. The molecule has 0 aliphatic carbocycles. The van der Waals surface area contributed by atoms with E-state index in [9.17, 15) is 0 Å². The van der Waals surface area contributed by atoms with Crippen molar-refractivity contribution in [1.29, 1.82) is 0 Å². The van der Waals surface area contributed by atoms with Gasteiger partial charge in [-0.3, -0.25) is 14.6 Å². The third-order valence-electron chi connectivity index (χ3n) is 4.35. The Morgan fingerprint density at radius 1 is 1.39 bits per heavy atom. The van der Waals surface area contributed by atoms with Crippen LogP contribution in [0, 0.1) is 0 Å². The van der Waals surface area contributed by atoms with E-state index < -0.39 is 0 Å². The second-order valence-corrected chi connectivity index (χ2v) is 5.75. The highest BCUT2D eigenvalue weighted by atomic mass is 127. The van der Waals surface area contributed by atoms with E-state index in [2.05, 4.69) is 37.5 Å². The Balaban J connectivity index is 0.00000264. The number of piperidine rings is 1. The summed E-state index contributed by atoms with van der Waals surface area (Å²) >= 11 is 0. The number of nitrogens with one attached hydrogen (secondary N) is 2. The van der Waals surface area contributed by atoms with E-state index in [1.54, 1.807) is 18.1 Å². The number of aryl methyl sites for hydroxylation is 1. The van der Waals surface area contributed by atoms with E-state index in [1.807, 2.05) is 7.05 Å². The minimum atomic E-state index is 0. The first-order valence-electron chi connectivity index (χ1n) is 8.26. The molecule has 2 N–H and O–H groups in total. The zero-order valence-electron chi connectivity index (χ0n) is 14.5. The fraction of sp³-hybridized carbons (Fsp3) is 0.800. The topological polar surface area (TPSA) is 70.4 Å². The molecule has 132 valence electrons. The predicted octanol–water partition coefficient (Wildman–Crippen LogP) is 1.36. The monoisotopic (exact) mass is 435 g/mol. The highest BCUT2D eigenvalue weighted by Gasteiger charge is 2.19. The van der Waals surface area contributed by atoms with Gasteiger partial charge in [-0.2, -0.15) is 5.10 Å². The lowest BCUT2D eigenvalue weighted by molar-refractivity contribution is 0.147. The van der Waals surface area contributed by atoms with Crippen molar-refractivity contribution in [3.63, 3.8) is 0 Å². The van der Waals surface area contributed by atoms with Crippen LogP contribution in [0.1, 0.15) is 38.4 Å². The Hall–Kier alpha value is -0.900. The lowest BCUT2D eigenvalue weighted by Crippen LogP contribution is -2.45. The number of halogens is 1. The van der Waals surface area contributed by atoms with E-state index in [-0.39, 0.29) is 24.0 Å². The Kier molecular flexibility index (Phi) is 9.46. The Labute approximate surface area is 156 Å². The van der Waals surface area contributed by atoms with Gasteiger partial charge in [0.05, 0.1) is 6.54 Å². The molecule has 8 heteroatoms. The Bertz CT molecular complexity index is 474. The van der Waals surface area contributed by atoms with Crippen LogP contribution in [0.15, 0.2) is 11.3 Å². The molecule has 2 rings (SSSR count). The van der Waals surface area contributed by atoms with Gasteiger partial charge in [-0.05, 0) is 25.8 Å². The fourth-order valence-corrected chi connectivity index (χ4v) is 3.00. The summed E-state index contributed by atoms with van der Waals surface area (Å²) in [7, 11) is 3.68. The highest BCUT2D eigenvalue weighted by molar-refractivity contribution is 14.0. The van der Waals surface area contributed by atoms with Gasteiger partial charge in [-0.25, -0.2) is 4.98 Å². The van der Waals surface area contributed by atoms with E-state index in [1.165, 1.54) is 32.2 Å². The van der Waals surface area contributed by atoms with Gasteiger partial charge in [0, 0.05) is 33.2 Å². The first-order valence-corrected chi connectivity index (χ1v) is 8.26. The van der Waals surface area contributed by atoms with Gasteiger partial charge in [-0.15, -0.1) is 24.0 Å². The van der Waals surface area contributed by atoms with Gasteiger partial charge in [0.25, 0.3) is 0 Å². The van der Waals surface area contributed by atoms with Gasteiger partial charge in [0.1, 0.15) is 12.2 Å². The molecule has 0 spiro atoms. The van der Waals surface area contributed by atoms with Crippen LogP contribution in [0.2, 0.25) is 0 Å². The molecule has 1 unspecified atom stereocenters. The number of hydrogen-bond acceptors (Lipinski definition) is 4. The number of guanidine groups is 1. The maximum atomic E-state index is 4.26. The molecule has 1 fully saturated rings. The standard InChI is InChI=1S/C15H29N7.HI/c1-4-13-7-5-6-9-22(13)10-8-17-15(16-2)18-11-14-19-12-20-21(14)3;/h12-13H,4-11H2,1-3H3,(H2,16,17,18);1H. The van der Waals surface area contributed by atoms with Crippen LogP contribution in [-0.2, 0) is 13.6 Å². The molecule has 0 aromatic carbocycles. The third kappa shape index (κ3) is 6.25. The second-order valence-electron chi connectivity index (χ2n) is 5.75. The number of aliphatic imine (C=N–C) groups is 1. The summed E-state index contributed by atoms with van der Waals surface area (Å²) in [6.07, 6.45) is 6.86. The SMILES string of the molecule is CCC1CCCCN1CCNC(=NC)NCc1ncnn1C.I. The predicted molar refractivity (Wildman–Crippen MR) is 104 cm³/mol. The van der Waals surface area contributed by atoms with Crippen molar-refractivity contribution in [2.75, 3.05) is 26.7 Å². The zero-order valence-corrected chi connectivity index (χ0v) is 16.8. The third-order valence-corrected chi connectivity index (χ3v) is 4.35. The molecule has 0 bridgehead atoms. The van der Waals surface area contributed by atoms with Crippen LogP contribution < -0.4 is 10.6 Å². The summed E-state index contributed by atoms with van der Waals surface area (Å²) in [5.41, 5.74) is 0. The van der Waals surface area contributed by atoms with Crippen LogP contribution >= 0.6 is 24.0 Å². The van der Waals surface area contributed by atoms with Gasteiger partial charge in [0.15, 0.2) is 5.96 Å². The van der Waals surface area contributed by atoms with Crippen molar-refractivity contribution in [1.82, 2.24) is 30.3 Å². The maximum absolute atomic E-state index is 4.26. The largest absolute Gasteiger partial charge is 0.355 e. The molecule has 23 heavy (non-hydrogen) atoms. The molecule has 1 saturated heterocycles. The van der Waals surface area contributed by atoms with Crippen molar-refractivity contribution in [2.45, 2.75) is 45.2 Å². The number of aromatic nitrogens is 3. The summed E-state index contributed by atoms with van der Waals surface area (Å²) in [6, 6.07) is 0.754. The fourth-order valence-electron chi connectivity index (χ4n) is 3.00. The van der Waals surface area contributed by atoms with Crippen LogP contribution in [0.5, 0.6) is 0 Å². The van der Waals surface area contributed by atoms with E-state index in [0.29, 0.717) is 6.54 Å². The van der Waals surface area contributed by atoms with E-state index in [4.69, 9.17) is 0 Å². The lowest BCUT2D eigenvalue weighted by atomic mass is 10.0. The number of hydrogen-bond donors (Lipinski definition) is 2. The summed E-state index contributed by atoms with van der Waals surface area (Å²) in [6.45, 7) is 6.12. The lowest BCUT2D eigenvalue weighted by Gasteiger charge is -2.35. The van der Waals surface area contributed by atoms with Crippen molar-refractivity contribution in [3.05, 3.63) is 12.2 Å². The van der Waals surface area contributed by atoms with Crippen molar-refractivity contribution >= 4 is 29.9 Å². The van der Waals surface area contributed by atoms with Gasteiger partial charge in [-0.1, -0.05) is 13.3 Å². The van der Waals surface area contributed by atoms with E-state index in [0.717, 1.165) is 30.9 Å². The normalized spacial score (nSPS) is 19.3. The van der Waals surface area contributed by atoms with E-state index >= 15 is 0 Å². The summed E-state index contributed by atoms with van der Waals surface area (Å²) < 4.78 is 1.76. The summed E-state index contributed by atoms with van der Waals surface area (Å²) in [4.78, 5) is 11.1. The smallest absolute Gasteiger partial charge is 0.191 e. The van der Waals surface area contributed by atoms with Gasteiger partial charge < -0.3 is 10.6 Å². The molecule has 2 heterocycles. The number of nitrogens with zero attached hydrogens (tertiary/aromatic N) is 5. The van der Waals surface area contributed by atoms with Crippen molar-refractivity contribution in [2.24, 2.45) is 12.0 Å². The molecule has 7 nitrogen and oxygen atoms in total. The first kappa shape index (κ1) is 20.1. The molecular formula is C15H30IN7. The molecule has 0 amide bonds. The number of likely N-dealkylation sites (tertiary alicyclic amines) is 1. The molecule has 1 aliphatic heterocycles. The van der Waals surface area contributed by atoms with Crippen LogP contribution in [0.3, 0.4) is 0 Å². The van der Waals surface area contributed by atoms with Crippen molar-refractivity contribution in [3.8, 4) is 0 Å². The average molecular weight is 435 g/mol. The summed E-state index contributed by atoms with van der Waals surface area (Å²) in [5, 5.41) is 10.7. The quantitative estimate of drug-likeness (QED) is 0.401. The minimum absolute atomic E-state index is 0. The summed E-state index contributed by atoms with van der Waals surface area (Å²) in [5.74, 6) is 1.71. The molecule has 0 radical (unpaired) electrons. The Morgan fingerprint density at radius 3 is 2.87 bits per heavy atom. The molecule has 1 aromatic heterocycles.